The first-order chi connectivity index (χ1) is 12.5. The molecule has 0 amide bonds. The molecule has 3 aromatic rings. The summed E-state index contributed by atoms with van der Waals surface area (Å²) < 4.78 is 28.9. The molecule has 1 fully saturated rings. The van der Waals surface area contributed by atoms with Crippen molar-refractivity contribution >= 4 is 27.2 Å². The number of rotatable bonds is 4. The minimum absolute atomic E-state index is 0.393. The molecule has 0 radical (unpaired) electrons. The Balaban J connectivity index is 1.49. The molecular formula is C16H18N6O2S2. The Morgan fingerprint density at radius 1 is 1.08 bits per heavy atom. The Labute approximate surface area is 155 Å². The van der Waals surface area contributed by atoms with Crippen molar-refractivity contribution in [2.45, 2.75) is 11.1 Å². The van der Waals surface area contributed by atoms with Crippen molar-refractivity contribution < 1.29 is 8.42 Å². The topological polar surface area (TPSA) is 84.2 Å². The molecule has 4 rings (SSSR count). The first-order valence-electron chi connectivity index (χ1n) is 8.17. The zero-order valence-electron chi connectivity index (χ0n) is 14.2. The number of nitrogens with zero attached hydrogens (tertiary/aromatic N) is 6. The van der Waals surface area contributed by atoms with Gasteiger partial charge in [-0.2, -0.15) is 9.40 Å². The van der Waals surface area contributed by atoms with Gasteiger partial charge in [-0.1, -0.05) is 6.07 Å². The van der Waals surface area contributed by atoms with Crippen LogP contribution in [0.5, 0.6) is 0 Å². The summed E-state index contributed by atoms with van der Waals surface area (Å²) in [5.41, 5.74) is 0.914. The Bertz CT molecular complexity index is 991. The van der Waals surface area contributed by atoms with Crippen LogP contribution in [0.25, 0.3) is 5.82 Å². The molecule has 3 aromatic heterocycles. The Kier molecular flexibility index (Phi) is 4.47. The smallest absolute Gasteiger partial charge is 0.252 e. The van der Waals surface area contributed by atoms with Crippen LogP contribution in [-0.4, -0.2) is 58.7 Å². The van der Waals surface area contributed by atoms with E-state index < -0.39 is 10.0 Å². The van der Waals surface area contributed by atoms with E-state index in [1.54, 1.807) is 22.2 Å². The standard InChI is InChI=1S/C16H18N6O2S2/c1-13-4-5-22(19-13)15-11-14(17-12-18-15)20-6-8-21(9-7-20)26(23,24)16-3-2-10-25-16/h2-5,10-12H,6-9H2,1H3. The molecule has 1 saturated heterocycles. The Morgan fingerprint density at radius 2 is 1.85 bits per heavy atom. The van der Waals surface area contributed by atoms with Gasteiger partial charge >= 0.3 is 0 Å². The van der Waals surface area contributed by atoms with Crippen molar-refractivity contribution in [3.8, 4) is 5.82 Å². The van der Waals surface area contributed by atoms with Crippen molar-refractivity contribution in [2.24, 2.45) is 0 Å². The van der Waals surface area contributed by atoms with Crippen LogP contribution in [0, 0.1) is 6.92 Å². The fourth-order valence-electron chi connectivity index (χ4n) is 2.87. The molecule has 1 aliphatic rings. The van der Waals surface area contributed by atoms with Crippen molar-refractivity contribution in [1.82, 2.24) is 24.1 Å². The highest BCUT2D eigenvalue weighted by atomic mass is 32.2. The van der Waals surface area contributed by atoms with Gasteiger partial charge in [0.1, 0.15) is 16.4 Å². The number of aryl methyl sites for hydroxylation is 1. The van der Waals surface area contributed by atoms with Gasteiger partial charge in [0.2, 0.25) is 0 Å². The monoisotopic (exact) mass is 390 g/mol. The number of aromatic nitrogens is 4. The van der Waals surface area contributed by atoms with E-state index in [-0.39, 0.29) is 0 Å². The van der Waals surface area contributed by atoms with E-state index in [1.165, 1.54) is 22.0 Å². The van der Waals surface area contributed by atoms with E-state index in [9.17, 15) is 8.42 Å². The third kappa shape index (κ3) is 3.22. The SMILES string of the molecule is Cc1ccn(-c2cc(N3CCN(S(=O)(=O)c4cccs4)CC3)ncn2)n1. The molecule has 0 bridgehead atoms. The molecule has 10 heteroatoms. The molecule has 0 aliphatic carbocycles. The second-order valence-electron chi connectivity index (χ2n) is 5.96. The minimum atomic E-state index is -3.39. The zero-order valence-corrected chi connectivity index (χ0v) is 15.8. The summed E-state index contributed by atoms with van der Waals surface area (Å²) in [7, 11) is -3.39. The van der Waals surface area contributed by atoms with Crippen LogP contribution in [0.1, 0.15) is 5.69 Å². The highest BCUT2D eigenvalue weighted by Gasteiger charge is 2.29. The van der Waals surface area contributed by atoms with E-state index >= 15 is 0 Å². The normalized spacial score (nSPS) is 16.1. The van der Waals surface area contributed by atoms with Gasteiger partial charge in [-0.15, -0.1) is 11.3 Å². The van der Waals surface area contributed by atoms with Gasteiger partial charge in [0.25, 0.3) is 10.0 Å². The summed E-state index contributed by atoms with van der Waals surface area (Å²) in [5, 5.41) is 6.14. The second-order valence-corrected chi connectivity index (χ2v) is 9.07. The molecular weight excluding hydrogens is 372 g/mol. The number of piperazine rings is 1. The maximum Gasteiger partial charge on any atom is 0.252 e. The zero-order chi connectivity index (χ0) is 18.1. The quantitative estimate of drug-likeness (QED) is 0.672. The van der Waals surface area contributed by atoms with Crippen molar-refractivity contribution in [3.05, 3.63) is 47.9 Å². The molecule has 0 atom stereocenters. The van der Waals surface area contributed by atoms with Gasteiger partial charge in [0.15, 0.2) is 5.82 Å². The molecule has 0 unspecified atom stereocenters. The predicted octanol–water partition coefficient (Wildman–Crippen LogP) is 1.54. The lowest BCUT2D eigenvalue weighted by molar-refractivity contribution is 0.384. The fourth-order valence-corrected chi connectivity index (χ4v) is 5.44. The van der Waals surface area contributed by atoms with Gasteiger partial charge in [0.05, 0.1) is 5.69 Å². The maximum atomic E-state index is 12.6. The van der Waals surface area contributed by atoms with Gasteiger partial charge in [-0.05, 0) is 24.4 Å². The average Bonchev–Trinajstić information content (AvgIpc) is 3.34. The molecule has 0 spiro atoms. The van der Waals surface area contributed by atoms with E-state index in [0.717, 1.165) is 11.5 Å². The summed E-state index contributed by atoms with van der Waals surface area (Å²) in [6.07, 6.45) is 3.36. The lowest BCUT2D eigenvalue weighted by Crippen LogP contribution is -2.48. The van der Waals surface area contributed by atoms with Crippen LogP contribution in [-0.2, 0) is 10.0 Å². The second kappa shape index (κ2) is 6.78. The summed E-state index contributed by atoms with van der Waals surface area (Å²) in [6.45, 7) is 3.95. The minimum Gasteiger partial charge on any atom is -0.354 e. The van der Waals surface area contributed by atoms with Crippen LogP contribution in [0.15, 0.2) is 46.4 Å². The predicted molar refractivity (Wildman–Crippen MR) is 99.2 cm³/mol. The van der Waals surface area contributed by atoms with Gasteiger partial charge < -0.3 is 4.90 Å². The molecule has 136 valence electrons. The fraction of sp³-hybridized carbons (Fsp3) is 0.312. The molecule has 1 aliphatic heterocycles. The number of hydrogen-bond acceptors (Lipinski definition) is 7. The highest BCUT2D eigenvalue weighted by molar-refractivity contribution is 7.91. The average molecular weight is 390 g/mol. The Morgan fingerprint density at radius 3 is 2.50 bits per heavy atom. The number of hydrogen-bond donors (Lipinski definition) is 0. The van der Waals surface area contributed by atoms with Crippen LogP contribution in [0.4, 0.5) is 5.82 Å². The van der Waals surface area contributed by atoms with Gasteiger partial charge in [0, 0.05) is 38.4 Å². The van der Waals surface area contributed by atoms with E-state index in [4.69, 9.17) is 0 Å². The van der Waals surface area contributed by atoms with Crippen molar-refractivity contribution in [1.29, 1.82) is 0 Å². The van der Waals surface area contributed by atoms with Crippen LogP contribution in [0.2, 0.25) is 0 Å². The van der Waals surface area contributed by atoms with Crippen molar-refractivity contribution in [3.63, 3.8) is 0 Å². The van der Waals surface area contributed by atoms with E-state index in [1.807, 2.05) is 25.3 Å². The number of sulfonamides is 1. The summed E-state index contributed by atoms with van der Waals surface area (Å²) in [6, 6.07) is 7.19. The third-order valence-electron chi connectivity index (χ3n) is 4.25. The van der Waals surface area contributed by atoms with Crippen molar-refractivity contribution in [2.75, 3.05) is 31.1 Å². The summed E-state index contributed by atoms with van der Waals surface area (Å²) in [5.74, 6) is 1.47. The van der Waals surface area contributed by atoms with E-state index in [0.29, 0.717) is 36.2 Å². The third-order valence-corrected chi connectivity index (χ3v) is 7.52. The van der Waals surface area contributed by atoms with Crippen LogP contribution >= 0.6 is 11.3 Å². The van der Waals surface area contributed by atoms with Crippen LogP contribution in [0.3, 0.4) is 0 Å². The first kappa shape index (κ1) is 17.1. The van der Waals surface area contributed by atoms with Gasteiger partial charge in [-0.25, -0.2) is 23.1 Å². The highest BCUT2D eigenvalue weighted by Crippen LogP contribution is 2.23. The molecule has 4 heterocycles. The Hall–Kier alpha value is -2.30. The number of anilines is 1. The maximum absolute atomic E-state index is 12.6. The summed E-state index contributed by atoms with van der Waals surface area (Å²) in [4.78, 5) is 10.7. The van der Waals surface area contributed by atoms with Crippen LogP contribution < -0.4 is 4.90 Å². The lowest BCUT2D eigenvalue weighted by Gasteiger charge is -2.34. The molecule has 0 N–H and O–H groups in total. The molecule has 0 aromatic carbocycles. The molecule has 0 saturated carbocycles. The number of thiophene rings is 1. The largest absolute Gasteiger partial charge is 0.354 e. The molecule has 26 heavy (non-hydrogen) atoms. The van der Waals surface area contributed by atoms with Gasteiger partial charge in [-0.3, -0.25) is 0 Å². The molecule has 8 nitrogen and oxygen atoms in total. The van der Waals surface area contributed by atoms with E-state index in [2.05, 4.69) is 20.0 Å². The summed E-state index contributed by atoms with van der Waals surface area (Å²) >= 11 is 1.25. The first-order valence-corrected chi connectivity index (χ1v) is 10.5. The lowest BCUT2D eigenvalue weighted by atomic mass is 10.3.